The van der Waals surface area contributed by atoms with Crippen LogP contribution in [0.4, 0.5) is 0 Å². The second-order valence-electron chi connectivity index (χ2n) is 4.71. The molecule has 3 nitrogen and oxygen atoms in total. The minimum absolute atomic E-state index is 0.453. The molecule has 1 aliphatic carbocycles. The second-order valence-corrected chi connectivity index (χ2v) is 4.71. The lowest BCUT2D eigenvalue weighted by Gasteiger charge is -2.42. The lowest BCUT2D eigenvalue weighted by molar-refractivity contribution is -0.0382. The van der Waals surface area contributed by atoms with Gasteiger partial charge in [-0.25, -0.2) is 0 Å². The fourth-order valence-corrected chi connectivity index (χ4v) is 2.48. The first-order chi connectivity index (χ1) is 7.40. The number of methoxy groups -OCH3 is 1. The van der Waals surface area contributed by atoms with Crippen LogP contribution in [0.3, 0.4) is 0 Å². The van der Waals surface area contributed by atoms with Crippen molar-refractivity contribution in [3.63, 3.8) is 0 Å². The zero-order chi connectivity index (χ0) is 10.5. The van der Waals surface area contributed by atoms with Gasteiger partial charge < -0.3 is 9.47 Å². The molecule has 0 N–H and O–H groups in total. The van der Waals surface area contributed by atoms with Gasteiger partial charge in [-0.1, -0.05) is 6.42 Å². The van der Waals surface area contributed by atoms with Crippen molar-refractivity contribution in [1.82, 2.24) is 4.90 Å². The van der Waals surface area contributed by atoms with Crippen LogP contribution in [0.25, 0.3) is 0 Å². The van der Waals surface area contributed by atoms with E-state index >= 15 is 0 Å². The molecule has 3 heteroatoms. The summed E-state index contributed by atoms with van der Waals surface area (Å²) in [6, 6.07) is 0.874. The number of nitrogens with zero attached hydrogens (tertiary/aromatic N) is 1. The maximum absolute atomic E-state index is 5.81. The zero-order valence-corrected chi connectivity index (χ0v) is 9.78. The van der Waals surface area contributed by atoms with Gasteiger partial charge in [0.25, 0.3) is 0 Å². The molecule has 1 heterocycles. The Kier molecular flexibility index (Phi) is 4.42. The Balaban J connectivity index is 1.67. The Bertz CT molecular complexity index is 182. The van der Waals surface area contributed by atoms with Gasteiger partial charge >= 0.3 is 0 Å². The SMILES string of the molecule is COCCO[C@@H]1CCCN(C2CCC2)C1. The molecular formula is C12H23NO2. The minimum Gasteiger partial charge on any atom is -0.382 e. The molecule has 1 saturated heterocycles. The molecule has 2 aliphatic rings. The smallest absolute Gasteiger partial charge is 0.0704 e. The molecular weight excluding hydrogens is 190 g/mol. The Morgan fingerprint density at radius 1 is 1.13 bits per heavy atom. The van der Waals surface area contributed by atoms with Gasteiger partial charge in [-0.2, -0.15) is 0 Å². The lowest BCUT2D eigenvalue weighted by atomic mass is 9.89. The predicted molar refractivity (Wildman–Crippen MR) is 60.1 cm³/mol. The van der Waals surface area contributed by atoms with Crippen molar-refractivity contribution >= 4 is 0 Å². The van der Waals surface area contributed by atoms with Gasteiger partial charge in [0.15, 0.2) is 0 Å². The van der Waals surface area contributed by atoms with Crippen molar-refractivity contribution < 1.29 is 9.47 Å². The van der Waals surface area contributed by atoms with Gasteiger partial charge in [0.1, 0.15) is 0 Å². The third-order valence-electron chi connectivity index (χ3n) is 3.64. The van der Waals surface area contributed by atoms with E-state index < -0.39 is 0 Å². The van der Waals surface area contributed by atoms with Crippen LogP contribution in [-0.4, -0.2) is 50.5 Å². The molecule has 0 aromatic carbocycles. The fourth-order valence-electron chi connectivity index (χ4n) is 2.48. The van der Waals surface area contributed by atoms with E-state index in [0.29, 0.717) is 6.10 Å². The topological polar surface area (TPSA) is 21.7 Å². The largest absolute Gasteiger partial charge is 0.382 e. The highest BCUT2D eigenvalue weighted by molar-refractivity contribution is 4.84. The van der Waals surface area contributed by atoms with E-state index in [1.54, 1.807) is 7.11 Å². The summed E-state index contributed by atoms with van der Waals surface area (Å²) in [7, 11) is 1.73. The van der Waals surface area contributed by atoms with Crippen LogP contribution < -0.4 is 0 Å². The van der Waals surface area contributed by atoms with Crippen LogP contribution in [0.2, 0.25) is 0 Å². The maximum atomic E-state index is 5.81. The lowest BCUT2D eigenvalue weighted by Crippen LogP contribution is -2.48. The highest BCUT2D eigenvalue weighted by Crippen LogP contribution is 2.27. The molecule has 2 fully saturated rings. The third-order valence-corrected chi connectivity index (χ3v) is 3.64. The number of hydrogen-bond acceptors (Lipinski definition) is 3. The minimum atomic E-state index is 0.453. The quantitative estimate of drug-likeness (QED) is 0.648. The summed E-state index contributed by atoms with van der Waals surface area (Å²) in [4.78, 5) is 2.63. The summed E-state index contributed by atoms with van der Waals surface area (Å²) in [6.07, 6.45) is 7.22. The summed E-state index contributed by atoms with van der Waals surface area (Å²) in [6.45, 7) is 3.91. The molecule has 1 aliphatic heterocycles. The average molecular weight is 213 g/mol. The van der Waals surface area contributed by atoms with Crippen LogP contribution in [0.1, 0.15) is 32.1 Å². The zero-order valence-electron chi connectivity index (χ0n) is 9.78. The van der Waals surface area contributed by atoms with Gasteiger partial charge in [-0.05, 0) is 32.2 Å². The Morgan fingerprint density at radius 2 is 2.00 bits per heavy atom. The summed E-state index contributed by atoms with van der Waals surface area (Å²) in [5, 5.41) is 0. The summed E-state index contributed by atoms with van der Waals surface area (Å²) in [5.74, 6) is 0. The van der Waals surface area contributed by atoms with E-state index in [1.165, 1.54) is 38.6 Å². The second kappa shape index (κ2) is 5.83. The highest BCUT2D eigenvalue weighted by atomic mass is 16.5. The summed E-state index contributed by atoms with van der Waals surface area (Å²) in [5.41, 5.74) is 0. The third kappa shape index (κ3) is 3.16. The van der Waals surface area contributed by atoms with Crippen LogP contribution in [-0.2, 0) is 9.47 Å². The Hall–Kier alpha value is -0.120. The average Bonchev–Trinajstić information content (AvgIpc) is 2.16. The molecule has 2 rings (SSSR count). The monoisotopic (exact) mass is 213 g/mol. The van der Waals surface area contributed by atoms with Gasteiger partial charge in [0.2, 0.25) is 0 Å². The van der Waals surface area contributed by atoms with E-state index in [0.717, 1.165) is 25.8 Å². The Morgan fingerprint density at radius 3 is 2.67 bits per heavy atom. The fraction of sp³-hybridized carbons (Fsp3) is 1.00. The predicted octanol–water partition coefficient (Wildman–Crippen LogP) is 1.67. The normalized spacial score (nSPS) is 29.0. The van der Waals surface area contributed by atoms with Gasteiger partial charge in [0.05, 0.1) is 19.3 Å². The van der Waals surface area contributed by atoms with Crippen molar-refractivity contribution in [2.75, 3.05) is 33.4 Å². The standard InChI is InChI=1S/C12H23NO2/c1-14-8-9-15-12-6-3-7-13(10-12)11-4-2-5-11/h11-12H,2-10H2,1H3/t12-/m1/s1. The van der Waals surface area contributed by atoms with E-state index in [2.05, 4.69) is 4.90 Å². The van der Waals surface area contributed by atoms with Crippen molar-refractivity contribution in [3.05, 3.63) is 0 Å². The van der Waals surface area contributed by atoms with E-state index in [-0.39, 0.29) is 0 Å². The highest BCUT2D eigenvalue weighted by Gasteiger charge is 2.29. The van der Waals surface area contributed by atoms with Crippen LogP contribution in [0.5, 0.6) is 0 Å². The summed E-state index contributed by atoms with van der Waals surface area (Å²) < 4.78 is 10.8. The number of likely N-dealkylation sites (tertiary alicyclic amines) is 1. The first-order valence-electron chi connectivity index (χ1n) is 6.24. The molecule has 88 valence electrons. The van der Waals surface area contributed by atoms with Gasteiger partial charge in [-0.15, -0.1) is 0 Å². The molecule has 0 spiro atoms. The molecule has 15 heavy (non-hydrogen) atoms. The number of piperidine rings is 1. The molecule has 1 saturated carbocycles. The number of ether oxygens (including phenoxy) is 2. The maximum Gasteiger partial charge on any atom is 0.0704 e. The molecule has 0 aromatic heterocycles. The molecule has 0 bridgehead atoms. The number of rotatable bonds is 5. The van der Waals surface area contributed by atoms with Crippen molar-refractivity contribution in [2.24, 2.45) is 0 Å². The van der Waals surface area contributed by atoms with Crippen LogP contribution in [0, 0.1) is 0 Å². The first-order valence-corrected chi connectivity index (χ1v) is 6.24. The van der Waals surface area contributed by atoms with Crippen molar-refractivity contribution in [1.29, 1.82) is 0 Å². The van der Waals surface area contributed by atoms with Gasteiger partial charge in [-0.3, -0.25) is 4.90 Å². The molecule has 0 aromatic rings. The van der Waals surface area contributed by atoms with Gasteiger partial charge in [0, 0.05) is 19.7 Å². The van der Waals surface area contributed by atoms with Crippen LogP contribution in [0.15, 0.2) is 0 Å². The van der Waals surface area contributed by atoms with E-state index in [1.807, 2.05) is 0 Å². The van der Waals surface area contributed by atoms with Crippen LogP contribution >= 0.6 is 0 Å². The van der Waals surface area contributed by atoms with Crippen molar-refractivity contribution in [3.8, 4) is 0 Å². The van der Waals surface area contributed by atoms with Crippen molar-refractivity contribution in [2.45, 2.75) is 44.2 Å². The molecule has 1 atom stereocenters. The summed E-state index contributed by atoms with van der Waals surface area (Å²) >= 11 is 0. The van der Waals surface area contributed by atoms with E-state index in [9.17, 15) is 0 Å². The molecule has 0 radical (unpaired) electrons. The first kappa shape index (κ1) is 11.4. The Labute approximate surface area is 92.7 Å². The molecule has 0 unspecified atom stereocenters. The van der Waals surface area contributed by atoms with E-state index in [4.69, 9.17) is 9.47 Å². The number of hydrogen-bond donors (Lipinski definition) is 0. The molecule has 0 amide bonds.